The summed E-state index contributed by atoms with van der Waals surface area (Å²) < 4.78 is 2.60. The summed E-state index contributed by atoms with van der Waals surface area (Å²) in [6, 6.07) is 6.56. The van der Waals surface area contributed by atoms with Crippen LogP contribution in [0, 0.1) is 6.92 Å². The summed E-state index contributed by atoms with van der Waals surface area (Å²) in [5.74, 6) is 0. The molecule has 0 radical (unpaired) electrons. The lowest BCUT2D eigenvalue weighted by atomic mass is 10.2. The van der Waals surface area contributed by atoms with Gasteiger partial charge in [0, 0.05) is 24.8 Å². The van der Waals surface area contributed by atoms with E-state index in [1.54, 1.807) is 0 Å². The normalized spacial score (nSPS) is 11.0. The van der Waals surface area contributed by atoms with Crippen LogP contribution in [0.25, 0.3) is 10.1 Å². The number of rotatable bonds is 1. The topological polar surface area (TPSA) is 0 Å². The average Bonchev–Trinajstić information content (AvgIpc) is 2.42. The van der Waals surface area contributed by atoms with Crippen LogP contribution in [0.2, 0.25) is 0 Å². The molecule has 0 aliphatic rings. The molecule has 0 N–H and O–H groups in total. The van der Waals surface area contributed by atoms with E-state index in [1.807, 2.05) is 11.3 Å². The summed E-state index contributed by atoms with van der Waals surface area (Å²) in [6.45, 7) is 2.13. The highest BCUT2D eigenvalue weighted by Gasteiger charge is 2.07. The largest absolute Gasteiger partial charge is 0.138 e. The van der Waals surface area contributed by atoms with Crippen LogP contribution >= 0.6 is 43.2 Å². The van der Waals surface area contributed by atoms with Crippen LogP contribution < -0.4 is 0 Å². The Hall–Kier alpha value is 0.140. The molecule has 0 fully saturated rings. The first-order chi connectivity index (χ1) is 6.22. The van der Waals surface area contributed by atoms with E-state index >= 15 is 0 Å². The molecule has 1 heterocycles. The highest BCUT2D eigenvalue weighted by Crippen LogP contribution is 2.37. The molecule has 1 aromatic heterocycles. The SMILES string of the molecule is Cc1ccc2c(Br)c(CBr)sc2c1. The smallest absolute Gasteiger partial charge is 0.0401 e. The minimum absolute atomic E-state index is 0.923. The molecule has 2 aromatic rings. The van der Waals surface area contributed by atoms with E-state index in [1.165, 1.54) is 25.0 Å². The molecular weight excluding hydrogens is 312 g/mol. The van der Waals surface area contributed by atoms with Crippen molar-refractivity contribution in [1.29, 1.82) is 0 Å². The van der Waals surface area contributed by atoms with Crippen LogP contribution in [0.5, 0.6) is 0 Å². The fraction of sp³-hybridized carbons (Fsp3) is 0.200. The fourth-order valence-electron chi connectivity index (χ4n) is 1.31. The van der Waals surface area contributed by atoms with Gasteiger partial charge in [0.2, 0.25) is 0 Å². The van der Waals surface area contributed by atoms with Gasteiger partial charge in [0.1, 0.15) is 0 Å². The van der Waals surface area contributed by atoms with E-state index in [0.717, 1.165) is 5.33 Å². The maximum absolute atomic E-state index is 3.62. The zero-order valence-electron chi connectivity index (χ0n) is 7.10. The Bertz CT molecular complexity index is 445. The van der Waals surface area contributed by atoms with Gasteiger partial charge in [-0.25, -0.2) is 0 Å². The molecular formula is C10H8Br2S. The molecule has 2 rings (SSSR count). The van der Waals surface area contributed by atoms with Crippen molar-refractivity contribution in [2.45, 2.75) is 12.3 Å². The Balaban J connectivity index is 2.76. The summed E-state index contributed by atoms with van der Waals surface area (Å²) in [4.78, 5) is 1.36. The van der Waals surface area contributed by atoms with Crippen LogP contribution in [0.1, 0.15) is 10.4 Å². The zero-order chi connectivity index (χ0) is 9.42. The van der Waals surface area contributed by atoms with Gasteiger partial charge in [-0.2, -0.15) is 0 Å². The molecule has 0 unspecified atom stereocenters. The Labute approximate surface area is 98.2 Å². The molecule has 0 saturated carbocycles. The molecule has 68 valence electrons. The van der Waals surface area contributed by atoms with Crippen LogP contribution in [-0.4, -0.2) is 0 Å². The van der Waals surface area contributed by atoms with Crippen molar-refractivity contribution in [2.24, 2.45) is 0 Å². The van der Waals surface area contributed by atoms with E-state index in [-0.39, 0.29) is 0 Å². The Morgan fingerprint density at radius 3 is 2.85 bits per heavy atom. The van der Waals surface area contributed by atoms with Gasteiger partial charge in [-0.05, 0) is 34.5 Å². The van der Waals surface area contributed by atoms with Crippen LogP contribution in [0.4, 0.5) is 0 Å². The van der Waals surface area contributed by atoms with Crippen LogP contribution in [0.3, 0.4) is 0 Å². The van der Waals surface area contributed by atoms with Crippen LogP contribution in [0.15, 0.2) is 22.7 Å². The summed E-state index contributed by atoms with van der Waals surface area (Å²) in [7, 11) is 0. The second-order valence-corrected chi connectivity index (χ2v) is 5.46. The van der Waals surface area contributed by atoms with Crippen molar-refractivity contribution in [1.82, 2.24) is 0 Å². The average molecular weight is 320 g/mol. The van der Waals surface area contributed by atoms with Gasteiger partial charge in [-0.3, -0.25) is 0 Å². The van der Waals surface area contributed by atoms with Crippen molar-refractivity contribution in [3.8, 4) is 0 Å². The predicted molar refractivity (Wildman–Crippen MR) is 66.9 cm³/mol. The summed E-state index contributed by atoms with van der Waals surface area (Å²) in [5, 5.41) is 2.25. The van der Waals surface area contributed by atoms with Gasteiger partial charge in [-0.15, -0.1) is 11.3 Å². The lowest BCUT2D eigenvalue weighted by Gasteiger charge is -1.92. The quantitative estimate of drug-likeness (QED) is 0.658. The Morgan fingerprint density at radius 2 is 2.15 bits per heavy atom. The third-order valence-electron chi connectivity index (χ3n) is 1.97. The standard InChI is InChI=1S/C10H8Br2S/c1-6-2-3-7-8(4-6)13-9(5-11)10(7)12/h2-4H,5H2,1H3. The van der Waals surface area contributed by atoms with Crippen molar-refractivity contribution in [3.05, 3.63) is 33.1 Å². The maximum Gasteiger partial charge on any atom is 0.0401 e. The minimum Gasteiger partial charge on any atom is -0.138 e. The molecule has 0 atom stereocenters. The number of fused-ring (bicyclic) bond motifs is 1. The number of aryl methyl sites for hydroxylation is 1. The van der Waals surface area contributed by atoms with E-state index in [0.29, 0.717) is 0 Å². The Morgan fingerprint density at radius 1 is 1.38 bits per heavy atom. The third kappa shape index (κ3) is 1.69. The van der Waals surface area contributed by atoms with E-state index in [9.17, 15) is 0 Å². The predicted octanol–water partition coefficient (Wildman–Crippen LogP) is 4.87. The van der Waals surface area contributed by atoms with Crippen molar-refractivity contribution in [2.75, 3.05) is 0 Å². The van der Waals surface area contributed by atoms with Gasteiger partial charge in [0.15, 0.2) is 0 Å². The van der Waals surface area contributed by atoms with Gasteiger partial charge in [0.25, 0.3) is 0 Å². The van der Waals surface area contributed by atoms with Crippen molar-refractivity contribution >= 4 is 53.3 Å². The van der Waals surface area contributed by atoms with Gasteiger partial charge in [-0.1, -0.05) is 28.1 Å². The van der Waals surface area contributed by atoms with E-state index in [4.69, 9.17) is 0 Å². The van der Waals surface area contributed by atoms with Crippen molar-refractivity contribution in [3.63, 3.8) is 0 Å². The summed E-state index contributed by atoms with van der Waals surface area (Å²) in [5.41, 5.74) is 1.32. The fourth-order valence-corrected chi connectivity index (χ4v) is 4.21. The minimum atomic E-state index is 0.923. The van der Waals surface area contributed by atoms with E-state index in [2.05, 4.69) is 57.0 Å². The number of halogens is 2. The first kappa shape index (κ1) is 9.69. The van der Waals surface area contributed by atoms with Gasteiger partial charge >= 0.3 is 0 Å². The number of benzene rings is 1. The Kier molecular flexibility index (Phi) is 2.77. The molecule has 1 aromatic carbocycles. The number of hydrogen-bond donors (Lipinski definition) is 0. The molecule has 0 nitrogen and oxygen atoms in total. The summed E-state index contributed by atoms with van der Waals surface area (Å²) in [6.07, 6.45) is 0. The van der Waals surface area contributed by atoms with Gasteiger partial charge < -0.3 is 0 Å². The number of hydrogen-bond acceptors (Lipinski definition) is 1. The maximum atomic E-state index is 3.62. The zero-order valence-corrected chi connectivity index (χ0v) is 11.1. The van der Waals surface area contributed by atoms with Crippen LogP contribution in [-0.2, 0) is 5.33 Å². The first-order valence-corrected chi connectivity index (χ1v) is 6.69. The second-order valence-electron chi connectivity index (χ2n) is 2.97. The highest BCUT2D eigenvalue weighted by atomic mass is 79.9. The molecule has 13 heavy (non-hydrogen) atoms. The third-order valence-corrected chi connectivity index (χ3v) is 5.23. The lowest BCUT2D eigenvalue weighted by molar-refractivity contribution is 1.51. The summed E-state index contributed by atoms with van der Waals surface area (Å²) >= 11 is 8.95. The molecule has 3 heteroatoms. The molecule has 0 bridgehead atoms. The van der Waals surface area contributed by atoms with Crippen molar-refractivity contribution < 1.29 is 0 Å². The van der Waals surface area contributed by atoms with Gasteiger partial charge in [0.05, 0.1) is 0 Å². The molecule has 0 aliphatic heterocycles. The number of alkyl halides is 1. The highest BCUT2D eigenvalue weighted by molar-refractivity contribution is 9.11. The number of thiophene rings is 1. The lowest BCUT2D eigenvalue weighted by Crippen LogP contribution is -1.70. The van der Waals surface area contributed by atoms with E-state index < -0.39 is 0 Å². The second kappa shape index (κ2) is 3.71. The molecule has 0 saturated heterocycles. The monoisotopic (exact) mass is 318 g/mol. The molecule has 0 spiro atoms. The molecule has 0 aliphatic carbocycles. The first-order valence-electron chi connectivity index (χ1n) is 3.96. The molecule has 0 amide bonds.